The molecule has 0 saturated carbocycles. The number of pyridine rings is 1. The largest absolute Gasteiger partial charge is 0.448 e. The lowest BCUT2D eigenvalue weighted by molar-refractivity contribution is 0.143. The Labute approximate surface area is 263 Å². The van der Waals surface area contributed by atoms with Crippen LogP contribution in [0.1, 0.15) is 52.8 Å². The minimum Gasteiger partial charge on any atom is -0.448 e. The molecule has 12 heteroatoms. The number of methoxy groups -OCH3 is 1. The van der Waals surface area contributed by atoms with E-state index in [2.05, 4.69) is 55.7 Å². The zero-order valence-corrected chi connectivity index (χ0v) is 29.1. The molecule has 1 unspecified atom stereocenters. The monoisotopic (exact) mass is 642 g/mol. The summed E-state index contributed by atoms with van der Waals surface area (Å²) in [4.78, 5) is 26.0. The minimum absolute atomic E-state index is 0.0161. The van der Waals surface area contributed by atoms with Crippen LogP contribution in [-0.4, -0.2) is 58.1 Å². The minimum atomic E-state index is -4.56. The Morgan fingerprint density at radius 1 is 0.955 bits per heavy atom. The van der Waals surface area contributed by atoms with Gasteiger partial charge < -0.3 is 13.9 Å². The van der Waals surface area contributed by atoms with Gasteiger partial charge in [-0.2, -0.15) is 0 Å². The highest BCUT2D eigenvalue weighted by Crippen LogP contribution is 2.37. The third kappa shape index (κ3) is 8.71. The molecule has 2 aromatic heterocycles. The molecular weight excluding hydrogens is 597 g/mol. The van der Waals surface area contributed by atoms with Crippen LogP contribution in [0.15, 0.2) is 59.9 Å². The molecule has 1 amide bonds. The molecule has 1 atom stereocenters. The molecule has 0 radical (unpaired) electrons. The first-order valence-electron chi connectivity index (χ1n) is 14.8. The van der Waals surface area contributed by atoms with Gasteiger partial charge in [0.05, 0.1) is 18.9 Å². The van der Waals surface area contributed by atoms with Gasteiger partial charge in [0.2, 0.25) is 0 Å². The Balaban J connectivity index is 1.95. The summed E-state index contributed by atoms with van der Waals surface area (Å²) in [5, 5.41) is 0.147. The summed E-state index contributed by atoms with van der Waals surface area (Å²) >= 11 is 0. The van der Waals surface area contributed by atoms with Crippen LogP contribution in [0.3, 0.4) is 0 Å². The normalized spacial score (nSPS) is 13.1. The Kier molecular flexibility index (Phi) is 11.8. The number of carbonyl (C=O) groups excluding carboxylic acids is 1. The van der Waals surface area contributed by atoms with Crippen molar-refractivity contribution in [1.82, 2.24) is 15.0 Å². The number of carbonyl (C=O) groups is 1. The zero-order valence-electron chi connectivity index (χ0n) is 27.3. The third-order valence-corrected chi connectivity index (χ3v) is 13.8. The average molecular weight is 643 g/mol. The predicted octanol–water partition coefficient (Wildman–Crippen LogP) is 6.87. The van der Waals surface area contributed by atoms with Crippen molar-refractivity contribution in [1.29, 1.82) is 0 Å². The van der Waals surface area contributed by atoms with Gasteiger partial charge in [0.15, 0.2) is 14.1 Å². The number of rotatable bonds is 13. The van der Waals surface area contributed by atoms with Crippen LogP contribution in [-0.2, 0) is 37.0 Å². The molecule has 10 nitrogen and oxygen atoms in total. The second kappa shape index (κ2) is 14.7. The summed E-state index contributed by atoms with van der Waals surface area (Å²) in [5.41, 5.74) is 2.06. The fraction of sp³-hybridized carbons (Fsp3) is 0.500. The number of ether oxygens (including phenoxy) is 2. The highest BCUT2D eigenvalue weighted by molar-refractivity contribution is 7.93. The van der Waals surface area contributed by atoms with Gasteiger partial charge in [-0.05, 0) is 54.1 Å². The number of benzene rings is 1. The van der Waals surface area contributed by atoms with E-state index >= 15 is 0 Å². The Hall–Kier alpha value is -3.19. The standard InChI is InChI=1S/C32H46N4O6SSi/c1-23(2)20-41-31(37)36(30-27(22-40-7)33-17-18-35-30)43(38,39)28-11-10-16-34-29(28)26-14-12-25(13-15-26)19-24(3)21-42-44(8,9)32(4,5)6/h10-18,23-24H,19-22H2,1-9H3. The van der Waals surface area contributed by atoms with E-state index in [1.807, 2.05) is 38.1 Å². The fourth-order valence-corrected chi connectivity index (χ4v) is 6.73. The molecule has 3 rings (SSSR count). The topological polar surface area (TPSA) is 121 Å². The van der Waals surface area contributed by atoms with Crippen molar-refractivity contribution >= 4 is 30.3 Å². The quantitative estimate of drug-likeness (QED) is 0.184. The van der Waals surface area contributed by atoms with Crippen LogP contribution < -0.4 is 4.31 Å². The molecule has 0 bridgehead atoms. The van der Waals surface area contributed by atoms with Crippen molar-refractivity contribution in [3.63, 3.8) is 0 Å². The average Bonchev–Trinajstić information content (AvgIpc) is 2.96. The number of hydrogen-bond donors (Lipinski definition) is 0. The molecule has 0 spiro atoms. The maximum Gasteiger partial charge on any atom is 0.430 e. The van der Waals surface area contributed by atoms with Gasteiger partial charge in [-0.1, -0.05) is 65.8 Å². The van der Waals surface area contributed by atoms with E-state index in [0.29, 0.717) is 22.4 Å². The van der Waals surface area contributed by atoms with Crippen molar-refractivity contribution in [3.8, 4) is 11.3 Å². The summed E-state index contributed by atoms with van der Waals surface area (Å²) in [6.45, 7) is 17.7. The van der Waals surface area contributed by atoms with E-state index in [1.54, 1.807) is 0 Å². The Bertz CT molecular complexity index is 1510. The van der Waals surface area contributed by atoms with Gasteiger partial charge in [-0.3, -0.25) is 9.97 Å². The summed E-state index contributed by atoms with van der Waals surface area (Å²) in [6.07, 6.45) is 3.96. The van der Waals surface area contributed by atoms with Crippen LogP contribution in [0.2, 0.25) is 18.1 Å². The lowest BCUT2D eigenvalue weighted by Crippen LogP contribution is -2.41. The molecule has 2 heterocycles. The molecule has 3 aromatic rings. The highest BCUT2D eigenvalue weighted by Gasteiger charge is 2.38. The van der Waals surface area contributed by atoms with Crippen molar-refractivity contribution < 1.29 is 27.1 Å². The number of amides is 1. The van der Waals surface area contributed by atoms with E-state index in [9.17, 15) is 13.2 Å². The maximum absolute atomic E-state index is 14.3. The molecule has 0 saturated heterocycles. The summed E-state index contributed by atoms with van der Waals surface area (Å²) in [7, 11) is -4.96. The number of aromatic nitrogens is 3. The third-order valence-electron chi connectivity index (χ3n) is 7.57. The van der Waals surface area contributed by atoms with Gasteiger partial charge >= 0.3 is 6.09 Å². The van der Waals surface area contributed by atoms with E-state index in [-0.39, 0.29) is 46.3 Å². The SMILES string of the molecule is COCc1nccnc1N(C(=O)OCC(C)C)S(=O)(=O)c1cccnc1-c1ccc(CC(C)CO[Si](C)(C)C(C)(C)C)cc1. The summed E-state index contributed by atoms with van der Waals surface area (Å²) < 4.78 is 46.1. The van der Waals surface area contributed by atoms with Gasteiger partial charge in [-0.25, -0.2) is 18.2 Å². The number of sulfonamides is 1. The van der Waals surface area contributed by atoms with Crippen LogP contribution in [0.25, 0.3) is 11.3 Å². The first-order chi connectivity index (χ1) is 20.6. The van der Waals surface area contributed by atoms with Crippen LogP contribution in [0.4, 0.5) is 10.6 Å². The second-order valence-corrected chi connectivity index (χ2v) is 19.5. The van der Waals surface area contributed by atoms with Crippen molar-refractivity contribution in [3.05, 3.63) is 66.2 Å². The zero-order chi connectivity index (χ0) is 32.7. The van der Waals surface area contributed by atoms with Crippen molar-refractivity contribution in [2.75, 3.05) is 24.6 Å². The van der Waals surface area contributed by atoms with E-state index in [0.717, 1.165) is 12.0 Å². The van der Waals surface area contributed by atoms with E-state index in [4.69, 9.17) is 13.9 Å². The fourth-order valence-electron chi connectivity index (χ4n) is 4.10. The van der Waals surface area contributed by atoms with Gasteiger partial charge in [0.1, 0.15) is 10.6 Å². The van der Waals surface area contributed by atoms with Gasteiger partial charge in [0.25, 0.3) is 10.0 Å². The van der Waals surface area contributed by atoms with E-state index < -0.39 is 24.4 Å². The lowest BCUT2D eigenvalue weighted by Gasteiger charge is -2.37. The first kappa shape index (κ1) is 35.3. The molecule has 1 aromatic carbocycles. The summed E-state index contributed by atoms with van der Waals surface area (Å²) in [5.74, 6) is 0.0965. The van der Waals surface area contributed by atoms with Crippen LogP contribution in [0.5, 0.6) is 0 Å². The Morgan fingerprint density at radius 2 is 1.61 bits per heavy atom. The van der Waals surface area contributed by atoms with Crippen LogP contribution >= 0.6 is 0 Å². The maximum atomic E-state index is 14.3. The molecule has 0 aliphatic heterocycles. The highest BCUT2D eigenvalue weighted by atomic mass is 32.2. The summed E-state index contributed by atoms with van der Waals surface area (Å²) in [6, 6.07) is 10.6. The number of nitrogens with zero attached hydrogens (tertiary/aromatic N) is 4. The van der Waals surface area contributed by atoms with Crippen molar-refractivity contribution in [2.45, 2.75) is 77.6 Å². The number of hydrogen-bond acceptors (Lipinski definition) is 9. The molecule has 0 aliphatic carbocycles. The molecule has 0 aliphatic rings. The lowest BCUT2D eigenvalue weighted by atomic mass is 10.00. The molecule has 240 valence electrons. The molecule has 44 heavy (non-hydrogen) atoms. The molecule has 0 N–H and O–H groups in total. The molecular formula is C32H46N4O6SSi. The van der Waals surface area contributed by atoms with Gasteiger partial charge in [0, 0.05) is 37.9 Å². The second-order valence-electron chi connectivity index (χ2n) is 12.9. The van der Waals surface area contributed by atoms with Gasteiger partial charge in [-0.15, -0.1) is 4.31 Å². The van der Waals surface area contributed by atoms with E-state index in [1.165, 1.54) is 37.8 Å². The smallest absolute Gasteiger partial charge is 0.430 e. The van der Waals surface area contributed by atoms with Crippen molar-refractivity contribution in [2.24, 2.45) is 11.8 Å². The van der Waals surface area contributed by atoms with Crippen LogP contribution in [0, 0.1) is 11.8 Å². The first-order valence-corrected chi connectivity index (χ1v) is 19.1. The predicted molar refractivity (Wildman–Crippen MR) is 174 cm³/mol. The Morgan fingerprint density at radius 3 is 2.23 bits per heavy atom. The molecule has 0 fully saturated rings. The number of anilines is 1.